The van der Waals surface area contributed by atoms with E-state index in [1.54, 1.807) is 12.4 Å². The molecule has 120 valence electrons. The third-order valence-electron chi connectivity index (χ3n) is 3.02. The van der Waals surface area contributed by atoms with Crippen molar-refractivity contribution in [1.82, 2.24) is 10.3 Å². The molecule has 1 aromatic carbocycles. The highest BCUT2D eigenvalue weighted by atomic mass is 15.2. The van der Waals surface area contributed by atoms with Crippen molar-refractivity contribution in [1.29, 1.82) is 5.26 Å². The quantitative estimate of drug-likeness (QED) is 0.213. The Bertz CT molecular complexity index is 727. The Morgan fingerprint density at radius 3 is 2.67 bits per heavy atom. The van der Waals surface area contributed by atoms with Gasteiger partial charge in [0.2, 0.25) is 5.96 Å². The predicted octanol–water partition coefficient (Wildman–Crippen LogP) is 3.58. The van der Waals surface area contributed by atoms with Gasteiger partial charge >= 0.3 is 0 Å². The van der Waals surface area contributed by atoms with Gasteiger partial charge in [-0.25, -0.2) is 0 Å². The van der Waals surface area contributed by atoms with Crippen molar-refractivity contribution < 1.29 is 0 Å². The summed E-state index contributed by atoms with van der Waals surface area (Å²) in [6.07, 6.45) is 14.1. The lowest BCUT2D eigenvalue weighted by Crippen LogP contribution is -2.27. The second kappa shape index (κ2) is 10.4. The molecule has 2 aromatic rings. The van der Waals surface area contributed by atoms with Crippen LogP contribution >= 0.6 is 0 Å². The first-order chi connectivity index (χ1) is 11.9. The van der Waals surface area contributed by atoms with Gasteiger partial charge in [0.05, 0.1) is 0 Å². The number of allylic oxidation sites excluding steroid dienone is 2. The first-order valence-electron chi connectivity index (χ1n) is 7.63. The van der Waals surface area contributed by atoms with Crippen molar-refractivity contribution in [3.8, 4) is 6.19 Å². The zero-order valence-corrected chi connectivity index (χ0v) is 13.3. The van der Waals surface area contributed by atoms with Crippen molar-refractivity contribution in [2.24, 2.45) is 4.99 Å². The number of rotatable bonds is 6. The smallest absolute Gasteiger partial charge is 0.209 e. The molecule has 2 N–H and O–H groups in total. The highest BCUT2D eigenvalue weighted by molar-refractivity contribution is 5.94. The fraction of sp³-hybridized carbons (Fsp3) is 0.105. The molecule has 0 unspecified atom stereocenters. The van der Waals surface area contributed by atoms with Crippen LogP contribution in [0.1, 0.15) is 12.0 Å². The Morgan fingerprint density at radius 2 is 1.92 bits per heavy atom. The number of hydrogen-bond donors (Lipinski definition) is 2. The van der Waals surface area contributed by atoms with Crippen LogP contribution < -0.4 is 10.6 Å². The number of aromatic nitrogens is 1. The molecule has 0 saturated heterocycles. The molecule has 0 bridgehead atoms. The van der Waals surface area contributed by atoms with Gasteiger partial charge in [-0.1, -0.05) is 54.6 Å². The van der Waals surface area contributed by atoms with Gasteiger partial charge in [-0.05, 0) is 24.1 Å². The van der Waals surface area contributed by atoms with E-state index in [1.165, 1.54) is 5.56 Å². The van der Waals surface area contributed by atoms with Crippen LogP contribution in [-0.2, 0) is 0 Å². The average Bonchev–Trinajstić information content (AvgIpc) is 2.63. The third-order valence-corrected chi connectivity index (χ3v) is 3.02. The zero-order chi connectivity index (χ0) is 16.9. The summed E-state index contributed by atoms with van der Waals surface area (Å²) in [5.41, 5.74) is 2.00. The van der Waals surface area contributed by atoms with E-state index in [2.05, 4.69) is 32.7 Å². The molecule has 0 amide bonds. The number of nitrogens with one attached hydrogen (secondary N) is 2. The van der Waals surface area contributed by atoms with E-state index in [4.69, 9.17) is 5.26 Å². The summed E-state index contributed by atoms with van der Waals surface area (Å²) in [4.78, 5) is 8.28. The molecule has 0 spiro atoms. The molecule has 0 radical (unpaired) electrons. The maximum Gasteiger partial charge on any atom is 0.209 e. The Kier molecular flexibility index (Phi) is 7.32. The predicted molar refractivity (Wildman–Crippen MR) is 98.1 cm³/mol. The highest BCUT2D eigenvalue weighted by Crippen LogP contribution is 2.03. The second-order valence-corrected chi connectivity index (χ2v) is 4.81. The lowest BCUT2D eigenvalue weighted by molar-refractivity contribution is 0.991. The number of nitriles is 1. The monoisotopic (exact) mass is 317 g/mol. The van der Waals surface area contributed by atoms with E-state index < -0.39 is 0 Å². The number of anilines is 1. The summed E-state index contributed by atoms with van der Waals surface area (Å²) in [7, 11) is 0. The summed E-state index contributed by atoms with van der Waals surface area (Å²) >= 11 is 0. The van der Waals surface area contributed by atoms with Gasteiger partial charge in [-0.2, -0.15) is 5.26 Å². The number of nitrogens with zero attached hydrogens (tertiary/aromatic N) is 3. The molecule has 0 aliphatic rings. The van der Waals surface area contributed by atoms with Gasteiger partial charge in [-0.3, -0.25) is 15.3 Å². The van der Waals surface area contributed by atoms with Crippen molar-refractivity contribution in [2.75, 3.05) is 11.9 Å². The fourth-order valence-corrected chi connectivity index (χ4v) is 1.89. The summed E-state index contributed by atoms with van der Waals surface area (Å²) in [6, 6.07) is 13.7. The van der Waals surface area contributed by atoms with E-state index >= 15 is 0 Å². The molecular weight excluding hydrogens is 298 g/mol. The third kappa shape index (κ3) is 6.58. The van der Waals surface area contributed by atoms with E-state index in [0.29, 0.717) is 12.5 Å². The number of guanidine groups is 1. The van der Waals surface area contributed by atoms with Gasteiger partial charge < -0.3 is 5.32 Å². The molecule has 0 fully saturated rings. The first-order valence-corrected chi connectivity index (χ1v) is 7.63. The van der Waals surface area contributed by atoms with Gasteiger partial charge in [0.25, 0.3) is 0 Å². The van der Waals surface area contributed by atoms with Crippen molar-refractivity contribution in [2.45, 2.75) is 6.42 Å². The van der Waals surface area contributed by atoms with Crippen LogP contribution in [0.3, 0.4) is 0 Å². The number of benzene rings is 1. The summed E-state index contributed by atoms with van der Waals surface area (Å²) in [6.45, 7) is 0.581. The zero-order valence-electron chi connectivity index (χ0n) is 13.3. The normalized spacial score (nSPS) is 11.5. The van der Waals surface area contributed by atoms with Crippen LogP contribution in [0.5, 0.6) is 0 Å². The maximum atomic E-state index is 8.78. The fourth-order valence-electron chi connectivity index (χ4n) is 1.89. The van der Waals surface area contributed by atoms with Crippen LogP contribution in [-0.4, -0.2) is 17.5 Å². The molecule has 1 aromatic heterocycles. The Morgan fingerprint density at radius 1 is 1.12 bits per heavy atom. The number of pyridine rings is 1. The Labute approximate surface area is 142 Å². The van der Waals surface area contributed by atoms with Crippen LogP contribution in [0, 0.1) is 11.5 Å². The van der Waals surface area contributed by atoms with E-state index in [-0.39, 0.29) is 0 Å². The van der Waals surface area contributed by atoms with Gasteiger partial charge in [0.15, 0.2) is 6.19 Å². The average molecular weight is 317 g/mol. The molecule has 0 saturated carbocycles. The largest absolute Gasteiger partial charge is 0.325 e. The molecule has 5 heteroatoms. The molecule has 1 heterocycles. The highest BCUT2D eigenvalue weighted by Gasteiger charge is 1.97. The minimum absolute atomic E-state index is 0.428. The lowest BCUT2D eigenvalue weighted by atomic mass is 10.2. The Balaban J connectivity index is 1.79. The molecule has 0 aliphatic heterocycles. The standard InChI is InChI=1S/C19H19N5/c20-16-23-19(24-18-11-14-21-15-12-18)22-13-7-2-1-4-8-17-9-5-3-6-10-17/h1-6,8-12,14-15H,7,13H2,(H2,21,22,23,24)/b2-1+,8-4+. The molecule has 24 heavy (non-hydrogen) atoms. The van der Waals surface area contributed by atoms with E-state index in [9.17, 15) is 0 Å². The summed E-state index contributed by atoms with van der Waals surface area (Å²) < 4.78 is 0. The molecule has 2 rings (SSSR count). The van der Waals surface area contributed by atoms with Gasteiger partial charge in [-0.15, -0.1) is 0 Å². The van der Waals surface area contributed by atoms with Gasteiger partial charge in [0, 0.05) is 24.6 Å². The molecular formula is C19H19N5. The van der Waals surface area contributed by atoms with Crippen LogP contribution in [0.15, 0.2) is 78.1 Å². The minimum Gasteiger partial charge on any atom is -0.325 e. The van der Waals surface area contributed by atoms with Crippen molar-refractivity contribution in [3.63, 3.8) is 0 Å². The van der Waals surface area contributed by atoms with Crippen molar-refractivity contribution in [3.05, 3.63) is 78.6 Å². The lowest BCUT2D eigenvalue weighted by Gasteiger charge is -2.06. The maximum absolute atomic E-state index is 8.78. The van der Waals surface area contributed by atoms with Crippen LogP contribution in [0.25, 0.3) is 6.08 Å². The SMILES string of the molecule is N#CNC(=NCC/C=C/C=C/c1ccccc1)Nc1ccncc1. The number of aliphatic imine (C=N–C) groups is 1. The Hall–Kier alpha value is -3.39. The number of hydrogen-bond acceptors (Lipinski definition) is 3. The van der Waals surface area contributed by atoms with E-state index in [0.717, 1.165) is 12.1 Å². The molecule has 0 aliphatic carbocycles. The van der Waals surface area contributed by atoms with Crippen LogP contribution in [0.4, 0.5) is 5.69 Å². The van der Waals surface area contributed by atoms with Gasteiger partial charge in [0.1, 0.15) is 0 Å². The minimum atomic E-state index is 0.428. The molecule has 0 atom stereocenters. The topological polar surface area (TPSA) is 73.1 Å². The van der Waals surface area contributed by atoms with Crippen LogP contribution in [0.2, 0.25) is 0 Å². The summed E-state index contributed by atoms with van der Waals surface area (Å²) in [5.74, 6) is 0.428. The second-order valence-electron chi connectivity index (χ2n) is 4.81. The molecule has 5 nitrogen and oxygen atoms in total. The summed E-state index contributed by atoms with van der Waals surface area (Å²) in [5, 5.41) is 14.4. The van der Waals surface area contributed by atoms with E-state index in [1.807, 2.05) is 60.8 Å². The first kappa shape index (κ1) is 17.0. The van der Waals surface area contributed by atoms with Crippen molar-refractivity contribution >= 4 is 17.7 Å².